The van der Waals surface area contributed by atoms with E-state index in [-0.39, 0.29) is 23.4 Å². The van der Waals surface area contributed by atoms with Crippen LogP contribution in [0.3, 0.4) is 0 Å². The summed E-state index contributed by atoms with van der Waals surface area (Å²) in [6, 6.07) is 13.4. The molecule has 4 heterocycles. The summed E-state index contributed by atoms with van der Waals surface area (Å²) in [6.07, 6.45) is 3.60. The second-order valence-corrected chi connectivity index (χ2v) is 8.64. The molecule has 0 bridgehead atoms. The first kappa shape index (κ1) is 23.6. The molecule has 1 aliphatic rings. The van der Waals surface area contributed by atoms with Crippen molar-refractivity contribution in [3.05, 3.63) is 48.4 Å². The van der Waals surface area contributed by atoms with Crippen LogP contribution in [-0.2, 0) is 16.1 Å². The highest BCUT2D eigenvalue weighted by Crippen LogP contribution is 2.31. The standard InChI is InChI=1S/C26H28N6O4/c1-2-34-15-6-12-32-21-8-4-3-7-19(21)29-26(32)30-23(33)18-10-13-31(14-11-18)25-20(17-27)28-24(36-25)22-9-5-16-35-22/h3-5,7-9,16,18H,2,6,10-15H2,1H3,(H,29,30,33). The first-order valence-corrected chi connectivity index (χ1v) is 12.2. The molecule has 0 unspecified atom stereocenters. The summed E-state index contributed by atoms with van der Waals surface area (Å²) >= 11 is 0. The molecule has 1 amide bonds. The first-order valence-electron chi connectivity index (χ1n) is 12.2. The fourth-order valence-electron chi connectivity index (χ4n) is 4.53. The molecule has 0 atom stereocenters. The van der Waals surface area contributed by atoms with Gasteiger partial charge in [0.2, 0.25) is 23.4 Å². The number of piperidine rings is 1. The quantitative estimate of drug-likeness (QED) is 0.343. The van der Waals surface area contributed by atoms with Gasteiger partial charge in [0.05, 0.1) is 17.3 Å². The Kier molecular flexibility index (Phi) is 7.00. The van der Waals surface area contributed by atoms with E-state index >= 15 is 0 Å². The van der Waals surface area contributed by atoms with Crippen molar-refractivity contribution in [2.24, 2.45) is 5.92 Å². The number of anilines is 2. The zero-order valence-electron chi connectivity index (χ0n) is 20.1. The van der Waals surface area contributed by atoms with Crippen molar-refractivity contribution >= 4 is 28.8 Å². The molecule has 10 heteroatoms. The van der Waals surface area contributed by atoms with Crippen molar-refractivity contribution in [3.63, 3.8) is 0 Å². The SMILES string of the molecule is CCOCCCn1c(NC(=O)C2CCN(c3oc(-c4ccco4)nc3C#N)CC2)nc2ccccc21. The predicted octanol–water partition coefficient (Wildman–Crippen LogP) is 4.44. The van der Waals surface area contributed by atoms with Crippen LogP contribution in [0.1, 0.15) is 31.9 Å². The normalized spacial score (nSPS) is 14.3. The molecular weight excluding hydrogens is 460 g/mol. The molecule has 1 saturated heterocycles. The Morgan fingerprint density at radius 3 is 2.81 bits per heavy atom. The fourth-order valence-corrected chi connectivity index (χ4v) is 4.53. The van der Waals surface area contributed by atoms with Gasteiger partial charge in [-0.1, -0.05) is 12.1 Å². The van der Waals surface area contributed by atoms with E-state index in [2.05, 4.69) is 21.4 Å². The van der Waals surface area contributed by atoms with E-state index in [1.54, 1.807) is 12.1 Å². The van der Waals surface area contributed by atoms with Crippen LogP contribution in [0.5, 0.6) is 0 Å². The van der Waals surface area contributed by atoms with Gasteiger partial charge in [0, 0.05) is 38.8 Å². The summed E-state index contributed by atoms with van der Waals surface area (Å²) < 4.78 is 18.7. The first-order chi connectivity index (χ1) is 17.7. The number of oxazole rings is 1. The van der Waals surface area contributed by atoms with Gasteiger partial charge in [-0.25, -0.2) is 4.98 Å². The van der Waals surface area contributed by atoms with Crippen LogP contribution in [0.2, 0.25) is 0 Å². The van der Waals surface area contributed by atoms with Crippen LogP contribution >= 0.6 is 0 Å². The van der Waals surface area contributed by atoms with E-state index in [4.69, 9.17) is 13.6 Å². The molecule has 0 radical (unpaired) electrons. The summed E-state index contributed by atoms with van der Waals surface area (Å²) in [5.74, 6) is 1.50. The second kappa shape index (κ2) is 10.7. The van der Waals surface area contributed by atoms with E-state index in [1.165, 1.54) is 6.26 Å². The maximum atomic E-state index is 13.2. The van der Waals surface area contributed by atoms with Crippen LogP contribution in [0.15, 0.2) is 51.5 Å². The lowest BCUT2D eigenvalue weighted by molar-refractivity contribution is -0.120. The van der Waals surface area contributed by atoms with Gasteiger partial charge in [-0.05, 0) is 50.5 Å². The molecule has 1 N–H and O–H groups in total. The molecule has 0 spiro atoms. The number of aromatic nitrogens is 3. The number of nitrogens with one attached hydrogen (secondary N) is 1. The highest BCUT2D eigenvalue weighted by molar-refractivity contribution is 5.93. The molecule has 0 aliphatic carbocycles. The Hall–Kier alpha value is -4.10. The Morgan fingerprint density at radius 1 is 1.22 bits per heavy atom. The van der Waals surface area contributed by atoms with Gasteiger partial charge >= 0.3 is 0 Å². The van der Waals surface area contributed by atoms with Gasteiger partial charge in [0.15, 0.2) is 5.76 Å². The molecule has 0 saturated carbocycles. The number of aryl methyl sites for hydroxylation is 1. The third-order valence-electron chi connectivity index (χ3n) is 6.36. The summed E-state index contributed by atoms with van der Waals surface area (Å²) in [5.41, 5.74) is 2.05. The van der Waals surface area contributed by atoms with Crippen LogP contribution in [0.25, 0.3) is 22.7 Å². The lowest BCUT2D eigenvalue weighted by atomic mass is 9.96. The van der Waals surface area contributed by atoms with E-state index in [9.17, 15) is 10.1 Å². The third-order valence-corrected chi connectivity index (χ3v) is 6.36. The van der Waals surface area contributed by atoms with E-state index < -0.39 is 0 Å². The lowest BCUT2D eigenvalue weighted by Crippen LogP contribution is -2.38. The minimum absolute atomic E-state index is 0.0506. The number of nitriles is 1. The minimum atomic E-state index is -0.170. The van der Waals surface area contributed by atoms with Crippen molar-refractivity contribution < 1.29 is 18.4 Å². The maximum absolute atomic E-state index is 13.2. The van der Waals surface area contributed by atoms with E-state index in [0.717, 1.165) is 17.5 Å². The molecule has 1 fully saturated rings. The number of ether oxygens (including phenoxy) is 1. The number of nitrogens with zero attached hydrogens (tertiary/aromatic N) is 5. The van der Waals surface area contributed by atoms with Crippen molar-refractivity contribution in [3.8, 4) is 17.7 Å². The molecule has 36 heavy (non-hydrogen) atoms. The van der Waals surface area contributed by atoms with Crippen LogP contribution in [-0.4, -0.2) is 46.7 Å². The summed E-state index contributed by atoms with van der Waals surface area (Å²) in [6.45, 7) is 5.17. The number of hydrogen-bond donors (Lipinski definition) is 1. The topological polar surface area (TPSA) is 122 Å². The van der Waals surface area contributed by atoms with E-state index in [0.29, 0.717) is 63.3 Å². The molecule has 10 nitrogen and oxygen atoms in total. The molecule has 5 rings (SSSR count). The van der Waals surface area contributed by atoms with Crippen molar-refractivity contribution in [1.82, 2.24) is 14.5 Å². The van der Waals surface area contributed by atoms with Crippen LogP contribution in [0.4, 0.5) is 11.8 Å². The van der Waals surface area contributed by atoms with E-state index in [1.807, 2.05) is 40.7 Å². The van der Waals surface area contributed by atoms with Gasteiger partial charge < -0.3 is 23.0 Å². The number of benzene rings is 1. The third kappa shape index (κ3) is 4.83. The van der Waals surface area contributed by atoms with Gasteiger partial charge in [-0.3, -0.25) is 10.1 Å². The van der Waals surface area contributed by atoms with Crippen LogP contribution in [0, 0.1) is 17.2 Å². The van der Waals surface area contributed by atoms with Gasteiger partial charge in [0.25, 0.3) is 5.89 Å². The molecular formula is C26H28N6O4. The van der Waals surface area contributed by atoms with Gasteiger partial charge in [-0.2, -0.15) is 10.2 Å². The Bertz CT molecular complexity index is 1360. The Balaban J connectivity index is 1.25. The zero-order valence-corrected chi connectivity index (χ0v) is 20.1. The summed E-state index contributed by atoms with van der Waals surface area (Å²) in [5, 5.41) is 12.6. The number of imidazole rings is 1. The largest absolute Gasteiger partial charge is 0.459 e. The number of carbonyl (C=O) groups excluding carboxylic acids is 1. The maximum Gasteiger partial charge on any atom is 0.266 e. The monoisotopic (exact) mass is 488 g/mol. The molecule has 186 valence electrons. The average Bonchev–Trinajstić information content (AvgIpc) is 3.65. The number of fused-ring (bicyclic) bond motifs is 1. The Morgan fingerprint density at radius 2 is 2.06 bits per heavy atom. The Labute approximate surface area is 208 Å². The van der Waals surface area contributed by atoms with Crippen molar-refractivity contribution in [2.45, 2.75) is 32.7 Å². The number of rotatable bonds is 9. The highest BCUT2D eigenvalue weighted by Gasteiger charge is 2.30. The number of para-hydroxylation sites is 2. The molecule has 4 aromatic rings. The molecule has 1 aromatic carbocycles. The zero-order chi connectivity index (χ0) is 24.9. The number of hydrogen-bond acceptors (Lipinski definition) is 8. The number of furan rings is 1. The fraction of sp³-hybridized carbons (Fsp3) is 0.385. The smallest absolute Gasteiger partial charge is 0.266 e. The molecule has 1 aliphatic heterocycles. The second-order valence-electron chi connectivity index (χ2n) is 8.64. The van der Waals surface area contributed by atoms with Crippen molar-refractivity contribution in [2.75, 3.05) is 36.5 Å². The molecule has 3 aromatic heterocycles. The summed E-state index contributed by atoms with van der Waals surface area (Å²) in [4.78, 5) is 24.1. The number of amides is 1. The van der Waals surface area contributed by atoms with Crippen molar-refractivity contribution in [1.29, 1.82) is 5.26 Å². The average molecular weight is 489 g/mol. The highest BCUT2D eigenvalue weighted by atomic mass is 16.5. The number of carbonyl (C=O) groups is 1. The lowest BCUT2D eigenvalue weighted by Gasteiger charge is -2.30. The van der Waals surface area contributed by atoms with Gasteiger partial charge in [-0.15, -0.1) is 0 Å². The van der Waals surface area contributed by atoms with Gasteiger partial charge in [0.1, 0.15) is 6.07 Å². The summed E-state index contributed by atoms with van der Waals surface area (Å²) in [7, 11) is 0. The minimum Gasteiger partial charge on any atom is -0.459 e. The predicted molar refractivity (Wildman–Crippen MR) is 133 cm³/mol. The van der Waals surface area contributed by atoms with Crippen LogP contribution < -0.4 is 10.2 Å².